The molecular weight excluding hydrogens is 232 g/mol. The Morgan fingerprint density at radius 3 is 2.47 bits per heavy atom. The van der Waals surface area contributed by atoms with Crippen molar-refractivity contribution in [2.75, 3.05) is 5.73 Å². The molecule has 1 saturated carbocycles. The first-order valence-electron chi connectivity index (χ1n) is 5.87. The van der Waals surface area contributed by atoms with E-state index in [0.717, 1.165) is 22.2 Å². The molecular formula is C12H16N4S. The van der Waals surface area contributed by atoms with Crippen molar-refractivity contribution in [2.24, 2.45) is 0 Å². The zero-order valence-corrected chi connectivity index (χ0v) is 11.1. The van der Waals surface area contributed by atoms with Crippen LogP contribution in [0.4, 0.5) is 5.00 Å². The van der Waals surface area contributed by atoms with Gasteiger partial charge in [0.25, 0.3) is 0 Å². The van der Waals surface area contributed by atoms with Gasteiger partial charge in [0.05, 0.1) is 10.6 Å². The molecule has 4 nitrogen and oxygen atoms in total. The van der Waals surface area contributed by atoms with E-state index >= 15 is 0 Å². The van der Waals surface area contributed by atoms with Crippen molar-refractivity contribution in [1.29, 1.82) is 0 Å². The van der Waals surface area contributed by atoms with E-state index < -0.39 is 0 Å². The van der Waals surface area contributed by atoms with Gasteiger partial charge in [-0.05, 0) is 39.2 Å². The molecule has 1 aliphatic carbocycles. The molecule has 17 heavy (non-hydrogen) atoms. The van der Waals surface area contributed by atoms with Crippen LogP contribution < -0.4 is 5.73 Å². The number of nitrogen functional groups attached to an aromatic ring is 1. The minimum atomic E-state index is 0.582. The fourth-order valence-corrected chi connectivity index (χ4v) is 3.17. The second-order valence-corrected chi connectivity index (χ2v) is 5.95. The van der Waals surface area contributed by atoms with Gasteiger partial charge >= 0.3 is 0 Å². The van der Waals surface area contributed by atoms with E-state index in [0.29, 0.717) is 6.04 Å². The van der Waals surface area contributed by atoms with Crippen LogP contribution in [-0.4, -0.2) is 14.8 Å². The predicted molar refractivity (Wildman–Crippen MR) is 70.2 cm³/mol. The Morgan fingerprint density at radius 2 is 1.94 bits per heavy atom. The van der Waals surface area contributed by atoms with Crippen molar-refractivity contribution in [3.8, 4) is 11.4 Å². The van der Waals surface area contributed by atoms with Crippen LogP contribution in [0.25, 0.3) is 11.4 Å². The largest absolute Gasteiger partial charge is 0.390 e. The molecule has 90 valence electrons. The second kappa shape index (κ2) is 3.57. The molecule has 1 fully saturated rings. The fraction of sp³-hybridized carbons (Fsp3) is 0.500. The van der Waals surface area contributed by atoms with Crippen LogP contribution >= 0.6 is 11.3 Å². The van der Waals surface area contributed by atoms with Gasteiger partial charge in [0.15, 0.2) is 5.82 Å². The summed E-state index contributed by atoms with van der Waals surface area (Å²) < 4.78 is 2.24. The third-order valence-corrected chi connectivity index (χ3v) is 4.45. The van der Waals surface area contributed by atoms with Crippen molar-refractivity contribution in [3.63, 3.8) is 0 Å². The third kappa shape index (κ3) is 1.57. The molecule has 0 aliphatic heterocycles. The van der Waals surface area contributed by atoms with Gasteiger partial charge in [-0.2, -0.15) is 0 Å². The number of thiophene rings is 1. The molecule has 2 heterocycles. The summed E-state index contributed by atoms with van der Waals surface area (Å²) in [6, 6.07) is 0.582. The molecule has 0 unspecified atom stereocenters. The van der Waals surface area contributed by atoms with Crippen LogP contribution in [0.5, 0.6) is 0 Å². The average Bonchev–Trinajstić information content (AvgIpc) is 2.99. The predicted octanol–water partition coefficient (Wildman–Crippen LogP) is 2.85. The lowest BCUT2D eigenvalue weighted by Crippen LogP contribution is -2.01. The Kier molecular flexibility index (Phi) is 2.26. The molecule has 0 spiro atoms. The van der Waals surface area contributed by atoms with Gasteiger partial charge in [0.1, 0.15) is 5.82 Å². The zero-order chi connectivity index (χ0) is 12.2. The molecule has 0 bridgehead atoms. The molecule has 0 saturated heterocycles. The molecule has 5 heteroatoms. The first-order valence-corrected chi connectivity index (χ1v) is 6.68. The standard InChI is InChI=1S/C12H16N4S/c1-6-7(2)17-11(13)10(6)12-15-14-8(3)16(12)9-4-5-9/h9H,4-5,13H2,1-3H3. The summed E-state index contributed by atoms with van der Waals surface area (Å²) in [4.78, 5) is 1.26. The number of rotatable bonds is 2. The van der Waals surface area contributed by atoms with E-state index in [1.165, 1.54) is 23.3 Å². The molecule has 0 amide bonds. The lowest BCUT2D eigenvalue weighted by molar-refractivity contribution is 0.717. The minimum Gasteiger partial charge on any atom is -0.390 e. The van der Waals surface area contributed by atoms with Crippen LogP contribution in [0.3, 0.4) is 0 Å². The summed E-state index contributed by atoms with van der Waals surface area (Å²) in [6.45, 7) is 6.23. The Labute approximate surface area is 104 Å². The van der Waals surface area contributed by atoms with Gasteiger partial charge in [0.2, 0.25) is 0 Å². The summed E-state index contributed by atoms with van der Waals surface area (Å²) >= 11 is 1.64. The molecule has 1 aliphatic rings. The van der Waals surface area contributed by atoms with Crippen LogP contribution in [0.2, 0.25) is 0 Å². The SMILES string of the molecule is Cc1sc(N)c(-c2nnc(C)n2C2CC2)c1C. The summed E-state index contributed by atoms with van der Waals surface area (Å²) in [7, 11) is 0. The Balaban J connectivity index is 2.21. The van der Waals surface area contributed by atoms with Gasteiger partial charge in [-0.25, -0.2) is 0 Å². The molecule has 3 rings (SSSR count). The number of hydrogen-bond donors (Lipinski definition) is 1. The molecule has 2 aromatic rings. The van der Waals surface area contributed by atoms with E-state index in [4.69, 9.17) is 5.73 Å². The number of aryl methyl sites for hydroxylation is 2. The number of hydrogen-bond acceptors (Lipinski definition) is 4. The smallest absolute Gasteiger partial charge is 0.167 e. The van der Waals surface area contributed by atoms with E-state index in [2.05, 4.69) is 28.6 Å². The highest BCUT2D eigenvalue weighted by atomic mass is 32.1. The summed E-state index contributed by atoms with van der Waals surface area (Å²) in [6.07, 6.45) is 2.46. The molecule has 0 atom stereocenters. The Hall–Kier alpha value is -1.36. The van der Waals surface area contributed by atoms with Crippen molar-refractivity contribution in [1.82, 2.24) is 14.8 Å². The van der Waals surface area contributed by atoms with Crippen LogP contribution in [0.1, 0.15) is 35.1 Å². The van der Waals surface area contributed by atoms with Crippen molar-refractivity contribution >= 4 is 16.3 Å². The maximum atomic E-state index is 6.11. The maximum absolute atomic E-state index is 6.11. The van der Waals surface area contributed by atoms with E-state index in [1.54, 1.807) is 11.3 Å². The molecule has 2 N–H and O–H groups in total. The zero-order valence-electron chi connectivity index (χ0n) is 10.3. The number of anilines is 1. The highest BCUT2D eigenvalue weighted by Crippen LogP contribution is 2.43. The van der Waals surface area contributed by atoms with E-state index in [-0.39, 0.29) is 0 Å². The van der Waals surface area contributed by atoms with Crippen molar-refractivity contribution in [2.45, 2.75) is 39.7 Å². The minimum absolute atomic E-state index is 0.582. The van der Waals surface area contributed by atoms with Gasteiger partial charge in [-0.15, -0.1) is 21.5 Å². The monoisotopic (exact) mass is 248 g/mol. The highest BCUT2D eigenvalue weighted by Gasteiger charge is 2.30. The average molecular weight is 248 g/mol. The van der Waals surface area contributed by atoms with Gasteiger partial charge in [-0.3, -0.25) is 0 Å². The normalized spacial score (nSPS) is 15.5. The Bertz CT molecular complexity index is 578. The van der Waals surface area contributed by atoms with E-state index in [1.807, 2.05) is 6.92 Å². The lowest BCUT2D eigenvalue weighted by Gasteiger charge is -2.07. The fourth-order valence-electron chi connectivity index (χ4n) is 2.24. The van der Waals surface area contributed by atoms with Crippen molar-refractivity contribution < 1.29 is 0 Å². The third-order valence-electron chi connectivity index (χ3n) is 3.41. The van der Waals surface area contributed by atoms with Crippen molar-refractivity contribution in [3.05, 3.63) is 16.3 Å². The maximum Gasteiger partial charge on any atom is 0.167 e. The highest BCUT2D eigenvalue weighted by molar-refractivity contribution is 7.16. The van der Waals surface area contributed by atoms with Gasteiger partial charge in [0, 0.05) is 10.9 Å². The summed E-state index contributed by atoms with van der Waals surface area (Å²) in [5, 5.41) is 9.39. The van der Waals surface area contributed by atoms with E-state index in [9.17, 15) is 0 Å². The summed E-state index contributed by atoms with van der Waals surface area (Å²) in [5.41, 5.74) is 8.43. The van der Waals surface area contributed by atoms with Gasteiger partial charge in [-0.1, -0.05) is 0 Å². The lowest BCUT2D eigenvalue weighted by atomic mass is 10.1. The molecule has 0 aromatic carbocycles. The van der Waals surface area contributed by atoms with Gasteiger partial charge < -0.3 is 10.3 Å². The molecule has 2 aromatic heterocycles. The number of aromatic nitrogens is 3. The molecule has 0 radical (unpaired) electrons. The first-order chi connectivity index (χ1) is 8.09. The number of nitrogens with zero attached hydrogens (tertiary/aromatic N) is 3. The second-order valence-electron chi connectivity index (χ2n) is 4.69. The topological polar surface area (TPSA) is 56.7 Å². The number of nitrogens with two attached hydrogens (primary N) is 1. The summed E-state index contributed by atoms with van der Waals surface area (Å²) in [5.74, 6) is 1.94. The van der Waals surface area contributed by atoms with Crippen LogP contribution in [-0.2, 0) is 0 Å². The van der Waals surface area contributed by atoms with Crippen LogP contribution in [0.15, 0.2) is 0 Å². The van der Waals surface area contributed by atoms with Crippen LogP contribution in [0, 0.1) is 20.8 Å². The Morgan fingerprint density at radius 1 is 1.24 bits per heavy atom. The first kappa shape index (κ1) is 10.8. The quantitative estimate of drug-likeness (QED) is 0.889.